The Morgan fingerprint density at radius 2 is 2.07 bits per heavy atom. The van der Waals surface area contributed by atoms with Crippen LogP contribution in [0.4, 0.5) is 0 Å². The van der Waals surface area contributed by atoms with E-state index in [0.717, 1.165) is 61.4 Å². The smallest absolute Gasteiger partial charge is 0.334 e. The van der Waals surface area contributed by atoms with Gasteiger partial charge < -0.3 is 19.1 Å². The van der Waals surface area contributed by atoms with Gasteiger partial charge in [-0.15, -0.1) is 0 Å². The standard InChI is InChI=1S/C25H33NO4/c1-4-29-25(27)21-13-19-15-23(18-7-11-28-12-8-18)24(16-20(19)14-21)30-22-5-9-26(10-6-22)17(2)3/h7,14-17,22H,4-6,8-13H2,1-3H3. The van der Waals surface area contributed by atoms with Crippen LogP contribution in [-0.2, 0) is 20.7 Å². The lowest BCUT2D eigenvalue weighted by Gasteiger charge is -2.35. The minimum atomic E-state index is -0.218. The fraction of sp³-hybridized carbons (Fsp3) is 0.560. The number of piperidine rings is 1. The van der Waals surface area contributed by atoms with Crippen molar-refractivity contribution < 1.29 is 19.0 Å². The quantitative estimate of drug-likeness (QED) is 0.655. The number of fused-ring (bicyclic) bond motifs is 1. The molecule has 1 aliphatic carbocycles. The first-order valence-electron chi connectivity index (χ1n) is 11.3. The molecule has 0 aromatic heterocycles. The van der Waals surface area contributed by atoms with E-state index in [2.05, 4.69) is 37.0 Å². The Morgan fingerprint density at radius 1 is 1.27 bits per heavy atom. The lowest BCUT2D eigenvalue weighted by molar-refractivity contribution is -0.138. The highest BCUT2D eigenvalue weighted by Gasteiger charge is 2.26. The molecule has 0 radical (unpaired) electrons. The van der Waals surface area contributed by atoms with Crippen molar-refractivity contribution in [2.24, 2.45) is 0 Å². The summed E-state index contributed by atoms with van der Waals surface area (Å²) in [5.74, 6) is 0.718. The van der Waals surface area contributed by atoms with Gasteiger partial charge in [-0.3, -0.25) is 0 Å². The lowest BCUT2D eigenvalue weighted by Crippen LogP contribution is -2.41. The molecule has 0 spiro atoms. The molecule has 0 saturated carbocycles. The zero-order valence-corrected chi connectivity index (χ0v) is 18.4. The van der Waals surface area contributed by atoms with Gasteiger partial charge in [-0.25, -0.2) is 4.79 Å². The highest BCUT2D eigenvalue weighted by Crippen LogP contribution is 2.38. The van der Waals surface area contributed by atoms with E-state index >= 15 is 0 Å². The molecule has 0 atom stereocenters. The Labute approximate surface area is 179 Å². The van der Waals surface area contributed by atoms with Crippen molar-refractivity contribution in [1.82, 2.24) is 4.90 Å². The van der Waals surface area contributed by atoms with Gasteiger partial charge in [0.25, 0.3) is 0 Å². The maximum atomic E-state index is 12.2. The third-order valence-electron chi connectivity index (χ3n) is 6.30. The molecule has 0 amide bonds. The zero-order valence-electron chi connectivity index (χ0n) is 18.4. The van der Waals surface area contributed by atoms with Crippen molar-refractivity contribution in [2.75, 3.05) is 32.9 Å². The first-order chi connectivity index (χ1) is 14.5. The van der Waals surface area contributed by atoms with Crippen molar-refractivity contribution in [3.8, 4) is 5.75 Å². The van der Waals surface area contributed by atoms with Gasteiger partial charge in [-0.2, -0.15) is 0 Å². The van der Waals surface area contributed by atoms with Crippen LogP contribution in [-0.4, -0.2) is 55.9 Å². The maximum Gasteiger partial charge on any atom is 0.334 e. The molecule has 162 valence electrons. The number of carbonyl (C=O) groups is 1. The summed E-state index contributed by atoms with van der Waals surface area (Å²) < 4.78 is 17.3. The van der Waals surface area contributed by atoms with Crippen molar-refractivity contribution in [3.05, 3.63) is 40.5 Å². The third kappa shape index (κ3) is 4.62. The topological polar surface area (TPSA) is 48.0 Å². The number of ether oxygens (including phenoxy) is 3. The van der Waals surface area contributed by atoms with Crippen LogP contribution in [0, 0.1) is 0 Å². The largest absolute Gasteiger partial charge is 0.490 e. The van der Waals surface area contributed by atoms with E-state index < -0.39 is 0 Å². The zero-order chi connectivity index (χ0) is 21.1. The second-order valence-corrected chi connectivity index (χ2v) is 8.62. The second-order valence-electron chi connectivity index (χ2n) is 8.62. The summed E-state index contributed by atoms with van der Waals surface area (Å²) in [5.41, 5.74) is 5.40. The first kappa shape index (κ1) is 21.1. The van der Waals surface area contributed by atoms with Crippen molar-refractivity contribution >= 4 is 17.6 Å². The number of hydrogen-bond donors (Lipinski definition) is 0. The van der Waals surface area contributed by atoms with E-state index in [9.17, 15) is 4.79 Å². The Kier molecular flexibility index (Phi) is 6.59. The van der Waals surface area contributed by atoms with Crippen LogP contribution in [0.2, 0.25) is 0 Å². The van der Waals surface area contributed by atoms with E-state index in [-0.39, 0.29) is 12.1 Å². The van der Waals surface area contributed by atoms with Gasteiger partial charge in [-0.05, 0) is 74.9 Å². The molecule has 0 N–H and O–H groups in total. The van der Waals surface area contributed by atoms with Crippen LogP contribution in [0.1, 0.15) is 56.7 Å². The molecule has 1 fully saturated rings. The summed E-state index contributed by atoms with van der Waals surface area (Å²) in [6.45, 7) is 10.3. The molecular formula is C25H33NO4. The van der Waals surface area contributed by atoms with Gasteiger partial charge in [0, 0.05) is 36.7 Å². The number of nitrogens with zero attached hydrogens (tertiary/aromatic N) is 1. The van der Waals surface area contributed by atoms with Gasteiger partial charge >= 0.3 is 5.97 Å². The summed E-state index contributed by atoms with van der Waals surface area (Å²) in [6, 6.07) is 4.93. The van der Waals surface area contributed by atoms with E-state index in [1.54, 1.807) is 0 Å². The Balaban J connectivity index is 1.58. The summed E-state index contributed by atoms with van der Waals surface area (Å²) in [5, 5.41) is 0. The summed E-state index contributed by atoms with van der Waals surface area (Å²) in [4.78, 5) is 14.7. The molecule has 1 saturated heterocycles. The van der Waals surface area contributed by atoms with Gasteiger partial charge in [0.2, 0.25) is 0 Å². The molecule has 5 nitrogen and oxygen atoms in total. The SMILES string of the molecule is CCOC(=O)C1=Cc2cc(OC3CCN(C(C)C)CC3)c(C3=CCOCC3)cc2C1. The van der Waals surface area contributed by atoms with E-state index in [0.29, 0.717) is 25.7 Å². The van der Waals surface area contributed by atoms with Gasteiger partial charge in [-0.1, -0.05) is 6.08 Å². The number of hydrogen-bond acceptors (Lipinski definition) is 5. The molecular weight excluding hydrogens is 378 g/mol. The van der Waals surface area contributed by atoms with Crippen molar-refractivity contribution in [1.29, 1.82) is 0 Å². The Morgan fingerprint density at radius 3 is 2.73 bits per heavy atom. The summed E-state index contributed by atoms with van der Waals surface area (Å²) >= 11 is 0. The van der Waals surface area contributed by atoms with Crippen LogP contribution in [0.25, 0.3) is 11.6 Å². The molecule has 4 rings (SSSR count). The molecule has 3 aliphatic rings. The van der Waals surface area contributed by atoms with Crippen LogP contribution in [0.15, 0.2) is 23.8 Å². The highest BCUT2D eigenvalue weighted by molar-refractivity contribution is 5.97. The minimum absolute atomic E-state index is 0.218. The van der Waals surface area contributed by atoms with Crippen molar-refractivity contribution in [3.63, 3.8) is 0 Å². The molecule has 1 aromatic carbocycles. The monoisotopic (exact) mass is 411 g/mol. The van der Waals surface area contributed by atoms with Crippen LogP contribution in [0.3, 0.4) is 0 Å². The molecule has 2 aliphatic heterocycles. The van der Waals surface area contributed by atoms with Crippen molar-refractivity contribution in [2.45, 2.75) is 58.6 Å². The summed E-state index contributed by atoms with van der Waals surface area (Å²) in [7, 11) is 0. The molecule has 5 heteroatoms. The predicted molar refractivity (Wildman–Crippen MR) is 119 cm³/mol. The van der Waals surface area contributed by atoms with Gasteiger partial charge in [0.1, 0.15) is 11.9 Å². The molecule has 1 aromatic rings. The molecule has 2 heterocycles. The normalized spacial score (nSPS) is 20.0. The lowest BCUT2D eigenvalue weighted by atomic mass is 9.95. The van der Waals surface area contributed by atoms with Gasteiger partial charge in [0.05, 0.1) is 19.8 Å². The summed E-state index contributed by atoms with van der Waals surface area (Å²) in [6.07, 6.45) is 7.95. The third-order valence-corrected chi connectivity index (χ3v) is 6.30. The van der Waals surface area contributed by atoms with E-state index in [1.807, 2.05) is 13.0 Å². The fourth-order valence-corrected chi connectivity index (χ4v) is 4.54. The second kappa shape index (κ2) is 9.36. The number of carbonyl (C=O) groups excluding carboxylic acids is 1. The number of likely N-dealkylation sites (tertiary alicyclic amines) is 1. The van der Waals surface area contributed by atoms with Gasteiger partial charge in [0.15, 0.2) is 0 Å². The Hall–Kier alpha value is -2.11. The van der Waals surface area contributed by atoms with Crippen LogP contribution < -0.4 is 4.74 Å². The number of esters is 1. The van der Waals surface area contributed by atoms with Crippen LogP contribution in [0.5, 0.6) is 5.75 Å². The number of rotatable bonds is 6. The predicted octanol–water partition coefficient (Wildman–Crippen LogP) is 4.24. The molecule has 0 unspecified atom stereocenters. The fourth-order valence-electron chi connectivity index (χ4n) is 4.54. The average molecular weight is 412 g/mol. The Bertz CT molecular complexity index is 847. The minimum Gasteiger partial charge on any atom is -0.490 e. The maximum absolute atomic E-state index is 12.2. The first-order valence-corrected chi connectivity index (χ1v) is 11.3. The van der Waals surface area contributed by atoms with E-state index in [1.165, 1.54) is 11.1 Å². The van der Waals surface area contributed by atoms with E-state index in [4.69, 9.17) is 14.2 Å². The highest BCUT2D eigenvalue weighted by atomic mass is 16.5. The average Bonchev–Trinajstić information content (AvgIpc) is 3.17. The molecule has 0 bridgehead atoms. The number of benzene rings is 1. The van der Waals surface area contributed by atoms with Crippen LogP contribution >= 0.6 is 0 Å². The molecule has 30 heavy (non-hydrogen) atoms.